The highest BCUT2D eigenvalue weighted by Crippen LogP contribution is 2.44. The number of hydrogen-bond acceptors (Lipinski definition) is 4. The number of carbonyl (C=O) groups excluding carboxylic acids is 1. The highest BCUT2D eigenvalue weighted by Gasteiger charge is 2.54. The van der Waals surface area contributed by atoms with Crippen molar-refractivity contribution in [1.29, 1.82) is 0 Å². The summed E-state index contributed by atoms with van der Waals surface area (Å²) in [5.41, 5.74) is 0.178. The fraction of sp³-hybridized carbons (Fsp3) is 0.786. The molecule has 0 radical (unpaired) electrons. The van der Waals surface area contributed by atoms with Crippen LogP contribution in [-0.2, 0) is 18.8 Å². The molecule has 0 atom stereocenters. The van der Waals surface area contributed by atoms with Crippen LogP contribution in [0.3, 0.4) is 0 Å². The summed E-state index contributed by atoms with van der Waals surface area (Å²) in [6.07, 6.45) is 3.74. The number of esters is 1. The number of carbonyl (C=O) groups is 1. The van der Waals surface area contributed by atoms with Gasteiger partial charge in [0.05, 0.1) is 17.8 Å². The molecule has 0 aromatic heterocycles. The Labute approximate surface area is 115 Å². The van der Waals surface area contributed by atoms with Crippen LogP contribution in [0.15, 0.2) is 11.5 Å². The van der Waals surface area contributed by atoms with Gasteiger partial charge in [-0.3, -0.25) is 0 Å². The van der Waals surface area contributed by atoms with Crippen LogP contribution in [0.4, 0.5) is 0 Å². The molecule has 1 saturated carbocycles. The van der Waals surface area contributed by atoms with Gasteiger partial charge in [-0.15, -0.1) is 0 Å². The van der Waals surface area contributed by atoms with E-state index in [4.69, 9.17) is 14.0 Å². The van der Waals surface area contributed by atoms with Crippen LogP contribution in [0.2, 0.25) is 0 Å². The average molecular weight is 266 g/mol. The molecule has 0 aromatic rings. The maximum absolute atomic E-state index is 11.7. The summed E-state index contributed by atoms with van der Waals surface area (Å²) in [7, 11) is -0.429. The number of ether oxygens (including phenoxy) is 1. The predicted molar refractivity (Wildman–Crippen MR) is 73.5 cm³/mol. The molecule has 0 N–H and O–H groups in total. The molecule has 0 bridgehead atoms. The van der Waals surface area contributed by atoms with Gasteiger partial charge in [0.25, 0.3) is 0 Å². The second-order valence-corrected chi connectivity index (χ2v) is 6.26. The average Bonchev–Trinajstić information content (AvgIpc) is 3.04. The van der Waals surface area contributed by atoms with Gasteiger partial charge < -0.3 is 14.0 Å². The molecule has 1 aliphatic heterocycles. The maximum atomic E-state index is 11.7. The highest BCUT2D eigenvalue weighted by molar-refractivity contribution is 6.55. The van der Waals surface area contributed by atoms with E-state index in [9.17, 15) is 4.79 Å². The van der Waals surface area contributed by atoms with Crippen LogP contribution < -0.4 is 0 Å². The summed E-state index contributed by atoms with van der Waals surface area (Å²) >= 11 is 0. The minimum Gasteiger partial charge on any atom is -0.463 e. The lowest BCUT2D eigenvalue weighted by atomic mass is 9.75. The number of hydrogen-bond donors (Lipinski definition) is 0. The SMILES string of the molecule is CCOC(=O)/C=C(/B1OC(C)(C)C(C)(C)O1)C1CC1. The summed E-state index contributed by atoms with van der Waals surface area (Å²) < 4.78 is 17.0. The van der Waals surface area contributed by atoms with E-state index in [2.05, 4.69) is 0 Å². The van der Waals surface area contributed by atoms with E-state index in [1.54, 1.807) is 13.0 Å². The Hall–Kier alpha value is -0.805. The zero-order valence-electron chi connectivity index (χ0n) is 12.5. The Morgan fingerprint density at radius 3 is 2.21 bits per heavy atom. The quantitative estimate of drug-likeness (QED) is 0.445. The minimum absolute atomic E-state index is 0.306. The lowest BCUT2D eigenvalue weighted by Gasteiger charge is -2.32. The zero-order chi connectivity index (χ0) is 14.3. The number of allylic oxidation sites excluding steroid dienone is 1. The van der Waals surface area contributed by atoms with Crippen molar-refractivity contribution >= 4 is 13.1 Å². The van der Waals surface area contributed by atoms with Crippen LogP contribution >= 0.6 is 0 Å². The molecule has 0 unspecified atom stereocenters. The molecule has 5 heteroatoms. The van der Waals surface area contributed by atoms with Crippen LogP contribution in [0.25, 0.3) is 0 Å². The van der Waals surface area contributed by atoms with Gasteiger partial charge in [0.2, 0.25) is 0 Å². The van der Waals surface area contributed by atoms with Gasteiger partial charge in [-0.25, -0.2) is 4.79 Å². The molecule has 2 rings (SSSR count). The molecule has 0 amide bonds. The molecule has 2 fully saturated rings. The monoisotopic (exact) mass is 266 g/mol. The maximum Gasteiger partial charge on any atom is 0.491 e. The van der Waals surface area contributed by atoms with Crippen molar-refractivity contribution in [3.05, 3.63) is 11.5 Å². The lowest BCUT2D eigenvalue weighted by molar-refractivity contribution is -0.137. The van der Waals surface area contributed by atoms with Crippen molar-refractivity contribution < 1.29 is 18.8 Å². The molecular formula is C14H23BO4. The first-order valence-electron chi connectivity index (χ1n) is 7.00. The lowest BCUT2D eigenvalue weighted by Crippen LogP contribution is -2.41. The van der Waals surface area contributed by atoms with Gasteiger partial charge in [0, 0.05) is 6.08 Å². The van der Waals surface area contributed by atoms with Gasteiger partial charge in [0.1, 0.15) is 0 Å². The molecule has 1 heterocycles. The van der Waals surface area contributed by atoms with Crippen molar-refractivity contribution in [2.24, 2.45) is 5.92 Å². The van der Waals surface area contributed by atoms with E-state index in [0.29, 0.717) is 12.5 Å². The first-order chi connectivity index (χ1) is 8.77. The summed E-state index contributed by atoms with van der Waals surface area (Å²) in [6.45, 7) is 10.3. The van der Waals surface area contributed by atoms with E-state index < -0.39 is 7.12 Å². The summed E-state index contributed by atoms with van der Waals surface area (Å²) in [4.78, 5) is 11.7. The van der Waals surface area contributed by atoms with Gasteiger partial charge in [-0.05, 0) is 58.9 Å². The molecule has 0 spiro atoms. The molecule has 106 valence electrons. The second kappa shape index (κ2) is 4.95. The van der Waals surface area contributed by atoms with E-state index in [1.165, 1.54) is 0 Å². The summed E-state index contributed by atoms with van der Waals surface area (Å²) in [6, 6.07) is 0. The van der Waals surface area contributed by atoms with Crippen LogP contribution in [0.5, 0.6) is 0 Å². The van der Waals surface area contributed by atoms with Gasteiger partial charge in [0.15, 0.2) is 0 Å². The molecule has 2 aliphatic rings. The van der Waals surface area contributed by atoms with Gasteiger partial charge in [-0.1, -0.05) is 0 Å². The van der Waals surface area contributed by atoms with Crippen molar-refractivity contribution in [2.45, 2.75) is 58.7 Å². The normalized spacial score (nSPS) is 25.5. The van der Waals surface area contributed by atoms with Crippen molar-refractivity contribution in [1.82, 2.24) is 0 Å². The molecule has 19 heavy (non-hydrogen) atoms. The van der Waals surface area contributed by atoms with E-state index in [0.717, 1.165) is 18.3 Å². The minimum atomic E-state index is -0.429. The first kappa shape index (κ1) is 14.6. The fourth-order valence-electron chi connectivity index (χ4n) is 2.09. The first-order valence-corrected chi connectivity index (χ1v) is 7.00. The zero-order valence-corrected chi connectivity index (χ0v) is 12.5. The largest absolute Gasteiger partial charge is 0.491 e. The third kappa shape index (κ3) is 3.03. The van der Waals surface area contributed by atoms with Gasteiger partial charge >= 0.3 is 13.1 Å². The third-order valence-electron chi connectivity index (χ3n) is 4.15. The fourth-order valence-corrected chi connectivity index (χ4v) is 2.09. The van der Waals surface area contributed by atoms with Gasteiger partial charge in [-0.2, -0.15) is 0 Å². The van der Waals surface area contributed by atoms with Crippen molar-refractivity contribution in [3.63, 3.8) is 0 Å². The summed E-state index contributed by atoms with van der Waals surface area (Å²) in [5.74, 6) is 0.0956. The van der Waals surface area contributed by atoms with Crippen LogP contribution in [0.1, 0.15) is 47.5 Å². The van der Waals surface area contributed by atoms with Crippen molar-refractivity contribution in [2.75, 3.05) is 6.61 Å². The Morgan fingerprint density at radius 1 is 1.26 bits per heavy atom. The number of rotatable bonds is 4. The molecular weight excluding hydrogens is 243 g/mol. The molecule has 1 aliphatic carbocycles. The predicted octanol–water partition coefficient (Wildman–Crippen LogP) is 2.52. The third-order valence-corrected chi connectivity index (χ3v) is 4.15. The van der Waals surface area contributed by atoms with Crippen LogP contribution in [0, 0.1) is 5.92 Å². The Morgan fingerprint density at radius 2 is 1.79 bits per heavy atom. The standard InChI is InChI=1S/C14H23BO4/c1-6-17-12(16)9-11(10-7-8-10)15-18-13(2,3)14(4,5)19-15/h9-10H,6-8H2,1-5H3/b11-9+. The summed E-state index contributed by atoms with van der Waals surface area (Å²) in [5, 5.41) is 0. The molecule has 4 nitrogen and oxygen atoms in total. The molecule has 0 aromatic carbocycles. The Kier molecular flexibility index (Phi) is 3.80. The topological polar surface area (TPSA) is 44.8 Å². The Bertz CT molecular complexity index is 380. The van der Waals surface area contributed by atoms with E-state index >= 15 is 0 Å². The van der Waals surface area contributed by atoms with Crippen LogP contribution in [-0.4, -0.2) is 30.9 Å². The van der Waals surface area contributed by atoms with E-state index in [1.807, 2.05) is 27.7 Å². The smallest absolute Gasteiger partial charge is 0.463 e. The van der Waals surface area contributed by atoms with E-state index in [-0.39, 0.29) is 17.2 Å². The second-order valence-electron chi connectivity index (χ2n) is 6.26. The van der Waals surface area contributed by atoms with Crippen molar-refractivity contribution in [3.8, 4) is 0 Å². The highest BCUT2D eigenvalue weighted by atomic mass is 16.7. The molecule has 1 saturated heterocycles. The Balaban J connectivity index is 2.16.